The quantitative estimate of drug-likeness (QED) is 0.393. The Hall–Kier alpha value is -3.18. The molecule has 28 heavy (non-hydrogen) atoms. The van der Waals surface area contributed by atoms with Crippen molar-refractivity contribution in [1.82, 2.24) is 4.98 Å². The summed E-state index contributed by atoms with van der Waals surface area (Å²) in [6.45, 7) is 4.57. The summed E-state index contributed by atoms with van der Waals surface area (Å²) in [5, 5.41) is 13.9. The molecule has 1 heterocycles. The third-order valence-electron chi connectivity index (χ3n) is 3.45. The van der Waals surface area contributed by atoms with Gasteiger partial charge in [-0.2, -0.15) is 5.26 Å². The monoisotopic (exact) mass is 399 g/mol. The number of hydrogen-bond acceptors (Lipinski definition) is 7. The zero-order valence-corrected chi connectivity index (χ0v) is 16.5. The van der Waals surface area contributed by atoms with E-state index in [4.69, 9.17) is 9.47 Å². The molecule has 2 rings (SSSR count). The first-order chi connectivity index (χ1) is 13.6. The Morgan fingerprint density at radius 1 is 1.32 bits per heavy atom. The molecule has 7 nitrogen and oxygen atoms in total. The second-order valence-electron chi connectivity index (χ2n) is 5.64. The smallest absolute Gasteiger partial charge is 0.311 e. The van der Waals surface area contributed by atoms with Crippen LogP contribution in [-0.4, -0.2) is 30.1 Å². The number of anilines is 1. The maximum atomic E-state index is 12.4. The molecule has 0 bridgehead atoms. The van der Waals surface area contributed by atoms with Gasteiger partial charge in [-0.3, -0.25) is 14.9 Å². The van der Waals surface area contributed by atoms with Gasteiger partial charge in [0.25, 0.3) is 5.91 Å². The SMILES string of the molecule is CCCOc1ccccc1/C=C(\C#N)C(=O)Nc1nc(CC(=O)OCC)cs1. The fourth-order valence-corrected chi connectivity index (χ4v) is 2.92. The molecule has 0 aliphatic rings. The molecule has 0 aliphatic carbocycles. The first-order valence-corrected chi connectivity index (χ1v) is 9.70. The van der Waals surface area contributed by atoms with E-state index in [1.807, 2.05) is 19.1 Å². The topological polar surface area (TPSA) is 101 Å². The molecule has 1 aromatic carbocycles. The number of thiazole rings is 1. The number of carbonyl (C=O) groups is 2. The third kappa shape index (κ3) is 6.21. The molecule has 0 saturated carbocycles. The highest BCUT2D eigenvalue weighted by molar-refractivity contribution is 7.14. The van der Waals surface area contributed by atoms with Gasteiger partial charge >= 0.3 is 5.97 Å². The van der Waals surface area contributed by atoms with Gasteiger partial charge in [-0.25, -0.2) is 4.98 Å². The summed E-state index contributed by atoms with van der Waals surface area (Å²) in [7, 11) is 0. The maximum Gasteiger partial charge on any atom is 0.311 e. The summed E-state index contributed by atoms with van der Waals surface area (Å²) in [5.41, 5.74) is 1.07. The average molecular weight is 399 g/mol. The lowest BCUT2D eigenvalue weighted by molar-refractivity contribution is -0.142. The van der Waals surface area contributed by atoms with E-state index < -0.39 is 5.91 Å². The van der Waals surface area contributed by atoms with Gasteiger partial charge in [0.05, 0.1) is 25.3 Å². The third-order valence-corrected chi connectivity index (χ3v) is 4.26. The Labute approximate surface area is 167 Å². The molecular weight excluding hydrogens is 378 g/mol. The van der Waals surface area contributed by atoms with Gasteiger partial charge in [0.15, 0.2) is 5.13 Å². The van der Waals surface area contributed by atoms with E-state index in [0.29, 0.717) is 35.4 Å². The van der Waals surface area contributed by atoms with Crippen LogP contribution >= 0.6 is 11.3 Å². The highest BCUT2D eigenvalue weighted by atomic mass is 32.1. The molecule has 0 spiro atoms. The van der Waals surface area contributed by atoms with Crippen LogP contribution in [0.25, 0.3) is 6.08 Å². The number of benzene rings is 1. The zero-order chi connectivity index (χ0) is 20.4. The largest absolute Gasteiger partial charge is 0.493 e. The fraction of sp³-hybridized carbons (Fsp3) is 0.300. The Kier molecular flexibility index (Phi) is 8.18. The number of ether oxygens (including phenoxy) is 2. The Morgan fingerprint density at radius 3 is 2.82 bits per heavy atom. The number of carbonyl (C=O) groups excluding carboxylic acids is 2. The van der Waals surface area contributed by atoms with Crippen LogP contribution in [0.15, 0.2) is 35.2 Å². The molecule has 0 aliphatic heterocycles. The molecule has 0 atom stereocenters. The van der Waals surface area contributed by atoms with Crippen LogP contribution in [0.5, 0.6) is 5.75 Å². The molecule has 8 heteroatoms. The standard InChI is InChI=1S/C20H21N3O4S/c1-3-9-27-17-8-6-5-7-14(17)10-15(12-21)19(25)23-20-22-16(13-28-20)11-18(24)26-4-2/h5-8,10,13H,3-4,9,11H2,1-2H3,(H,22,23,25)/b15-10+. The first-order valence-electron chi connectivity index (χ1n) is 8.82. The van der Waals surface area contributed by atoms with Crippen molar-refractivity contribution in [3.8, 4) is 11.8 Å². The average Bonchev–Trinajstić information content (AvgIpc) is 3.11. The van der Waals surface area contributed by atoms with E-state index in [1.165, 1.54) is 17.4 Å². The molecule has 0 fully saturated rings. The van der Waals surface area contributed by atoms with Crippen molar-refractivity contribution in [1.29, 1.82) is 5.26 Å². The van der Waals surface area contributed by atoms with Crippen LogP contribution in [-0.2, 0) is 20.7 Å². The molecule has 1 amide bonds. The number of nitriles is 1. The van der Waals surface area contributed by atoms with E-state index in [0.717, 1.165) is 6.42 Å². The van der Waals surface area contributed by atoms with Crippen molar-refractivity contribution in [3.05, 3.63) is 46.5 Å². The van der Waals surface area contributed by atoms with Crippen molar-refractivity contribution in [3.63, 3.8) is 0 Å². The van der Waals surface area contributed by atoms with Gasteiger partial charge < -0.3 is 9.47 Å². The number of rotatable bonds is 9. The predicted molar refractivity (Wildman–Crippen MR) is 107 cm³/mol. The number of amides is 1. The van der Waals surface area contributed by atoms with Crippen LogP contribution in [0.3, 0.4) is 0 Å². The second kappa shape index (κ2) is 10.8. The normalized spacial score (nSPS) is 10.8. The van der Waals surface area contributed by atoms with Crippen LogP contribution in [0.4, 0.5) is 5.13 Å². The lowest BCUT2D eigenvalue weighted by atomic mass is 10.1. The van der Waals surface area contributed by atoms with Crippen LogP contribution in [0, 0.1) is 11.3 Å². The molecule has 0 unspecified atom stereocenters. The van der Waals surface area contributed by atoms with Gasteiger partial charge in [0, 0.05) is 10.9 Å². The maximum absolute atomic E-state index is 12.4. The lowest BCUT2D eigenvalue weighted by Crippen LogP contribution is -2.14. The van der Waals surface area contributed by atoms with E-state index in [-0.39, 0.29) is 18.0 Å². The summed E-state index contributed by atoms with van der Waals surface area (Å²) >= 11 is 1.17. The van der Waals surface area contributed by atoms with Crippen LogP contribution < -0.4 is 10.1 Å². The van der Waals surface area contributed by atoms with Crippen LogP contribution in [0.1, 0.15) is 31.5 Å². The molecule has 0 radical (unpaired) electrons. The molecular formula is C20H21N3O4S. The minimum absolute atomic E-state index is 0.0311. The summed E-state index contributed by atoms with van der Waals surface area (Å²) < 4.78 is 10.5. The van der Waals surface area contributed by atoms with Crippen molar-refractivity contribution in [2.75, 3.05) is 18.5 Å². The molecule has 146 valence electrons. The van der Waals surface area contributed by atoms with Crippen molar-refractivity contribution < 1.29 is 19.1 Å². The molecule has 2 aromatic rings. The van der Waals surface area contributed by atoms with Gasteiger partial charge in [-0.1, -0.05) is 25.1 Å². The summed E-state index contributed by atoms with van der Waals surface area (Å²) in [5.74, 6) is -0.354. The minimum Gasteiger partial charge on any atom is -0.493 e. The first kappa shape index (κ1) is 21.1. The number of nitrogens with zero attached hydrogens (tertiary/aromatic N) is 2. The molecule has 1 aromatic heterocycles. The molecule has 0 saturated heterocycles. The van der Waals surface area contributed by atoms with Gasteiger partial charge in [-0.05, 0) is 25.5 Å². The summed E-state index contributed by atoms with van der Waals surface area (Å²) in [6.07, 6.45) is 2.36. The zero-order valence-electron chi connectivity index (χ0n) is 15.7. The van der Waals surface area contributed by atoms with Crippen molar-refractivity contribution in [2.45, 2.75) is 26.7 Å². The Morgan fingerprint density at radius 2 is 2.11 bits per heavy atom. The Balaban J connectivity index is 2.10. The van der Waals surface area contributed by atoms with Crippen molar-refractivity contribution in [2.24, 2.45) is 0 Å². The predicted octanol–water partition coefficient (Wildman–Crippen LogP) is 3.58. The summed E-state index contributed by atoms with van der Waals surface area (Å²) in [6, 6.07) is 9.10. The van der Waals surface area contributed by atoms with E-state index in [1.54, 1.807) is 30.5 Å². The van der Waals surface area contributed by atoms with E-state index in [2.05, 4.69) is 10.3 Å². The van der Waals surface area contributed by atoms with E-state index in [9.17, 15) is 14.9 Å². The Bertz CT molecular complexity index is 899. The number of para-hydroxylation sites is 1. The molecule has 1 N–H and O–H groups in total. The van der Waals surface area contributed by atoms with Gasteiger partial charge in [-0.15, -0.1) is 11.3 Å². The van der Waals surface area contributed by atoms with Crippen LogP contribution in [0.2, 0.25) is 0 Å². The fourth-order valence-electron chi connectivity index (χ4n) is 2.22. The number of aromatic nitrogens is 1. The highest BCUT2D eigenvalue weighted by Crippen LogP contribution is 2.22. The van der Waals surface area contributed by atoms with Gasteiger partial charge in [0.1, 0.15) is 17.4 Å². The highest BCUT2D eigenvalue weighted by Gasteiger charge is 2.14. The summed E-state index contributed by atoms with van der Waals surface area (Å²) in [4.78, 5) is 28.1. The lowest BCUT2D eigenvalue weighted by Gasteiger charge is -2.08. The number of hydrogen-bond donors (Lipinski definition) is 1. The van der Waals surface area contributed by atoms with Crippen molar-refractivity contribution >= 4 is 34.4 Å². The second-order valence-corrected chi connectivity index (χ2v) is 6.49. The minimum atomic E-state index is -0.579. The van der Waals surface area contributed by atoms with E-state index >= 15 is 0 Å². The van der Waals surface area contributed by atoms with Gasteiger partial charge in [0.2, 0.25) is 0 Å². The number of nitrogens with one attached hydrogen (secondary N) is 1. The number of esters is 1.